The van der Waals surface area contributed by atoms with Crippen molar-refractivity contribution < 1.29 is 17.9 Å². The number of methoxy groups -OCH3 is 1. The molecule has 0 fully saturated rings. The van der Waals surface area contributed by atoms with E-state index in [1.807, 2.05) is 32.9 Å². The molecule has 2 rings (SSSR count). The van der Waals surface area contributed by atoms with Gasteiger partial charge in [-0.05, 0) is 56.2 Å². The van der Waals surface area contributed by atoms with Gasteiger partial charge < -0.3 is 9.47 Å². The van der Waals surface area contributed by atoms with Crippen LogP contribution in [0.4, 0.5) is 5.69 Å². The van der Waals surface area contributed by atoms with Gasteiger partial charge in [-0.1, -0.05) is 18.2 Å². The lowest BCUT2D eigenvalue weighted by atomic mass is 10.2. The zero-order valence-electron chi connectivity index (χ0n) is 14.4. The monoisotopic (exact) mass is 349 g/mol. The van der Waals surface area contributed by atoms with Crippen molar-refractivity contribution in [1.29, 1.82) is 0 Å². The summed E-state index contributed by atoms with van der Waals surface area (Å²) in [6, 6.07) is 12.1. The smallest absolute Gasteiger partial charge is 0.262 e. The third-order valence-corrected chi connectivity index (χ3v) is 4.75. The Hall–Kier alpha value is -2.05. The molecule has 0 spiro atoms. The van der Waals surface area contributed by atoms with Crippen LogP contribution in [0.2, 0.25) is 0 Å². The van der Waals surface area contributed by atoms with E-state index >= 15 is 0 Å². The Kier molecular flexibility index (Phi) is 5.85. The molecule has 0 saturated heterocycles. The average Bonchev–Trinajstić information content (AvgIpc) is 2.53. The molecule has 0 unspecified atom stereocenters. The minimum atomic E-state index is -3.71. The van der Waals surface area contributed by atoms with Crippen LogP contribution in [0.5, 0.6) is 5.75 Å². The summed E-state index contributed by atoms with van der Waals surface area (Å²) in [5.41, 5.74) is 2.16. The second kappa shape index (κ2) is 7.68. The fourth-order valence-electron chi connectivity index (χ4n) is 2.17. The molecular weight excluding hydrogens is 326 g/mol. The number of hydrogen-bond acceptors (Lipinski definition) is 4. The van der Waals surface area contributed by atoms with Gasteiger partial charge in [0.25, 0.3) is 10.0 Å². The summed E-state index contributed by atoms with van der Waals surface area (Å²) in [5, 5.41) is 0. The van der Waals surface area contributed by atoms with E-state index in [9.17, 15) is 8.42 Å². The van der Waals surface area contributed by atoms with Gasteiger partial charge in [-0.25, -0.2) is 8.42 Å². The first-order chi connectivity index (χ1) is 11.3. The Balaban J connectivity index is 2.28. The van der Waals surface area contributed by atoms with Crippen molar-refractivity contribution in [3.63, 3.8) is 0 Å². The number of rotatable bonds is 7. The number of ether oxygens (including phenoxy) is 2. The van der Waals surface area contributed by atoms with Crippen molar-refractivity contribution >= 4 is 15.7 Å². The van der Waals surface area contributed by atoms with Crippen LogP contribution in [0.1, 0.15) is 25.0 Å². The topological polar surface area (TPSA) is 64.6 Å². The molecule has 0 radical (unpaired) electrons. The summed E-state index contributed by atoms with van der Waals surface area (Å²) < 4.78 is 38.7. The molecule has 0 heterocycles. The maximum atomic E-state index is 12.7. The lowest BCUT2D eigenvalue weighted by molar-refractivity contribution is 0.0656. The highest BCUT2D eigenvalue weighted by Gasteiger charge is 2.17. The van der Waals surface area contributed by atoms with Crippen molar-refractivity contribution in [2.24, 2.45) is 0 Å². The molecule has 1 N–H and O–H groups in total. The summed E-state index contributed by atoms with van der Waals surface area (Å²) in [4.78, 5) is 0.191. The van der Waals surface area contributed by atoms with Crippen molar-refractivity contribution in [3.05, 3.63) is 53.6 Å². The minimum Gasteiger partial charge on any atom is -0.495 e. The Labute approximate surface area is 143 Å². The molecule has 0 aliphatic carbocycles. The fraction of sp³-hybridized carbons (Fsp3) is 0.333. The van der Waals surface area contributed by atoms with Gasteiger partial charge in [0, 0.05) is 0 Å². The largest absolute Gasteiger partial charge is 0.495 e. The van der Waals surface area contributed by atoms with Crippen molar-refractivity contribution in [3.8, 4) is 5.75 Å². The van der Waals surface area contributed by atoms with Gasteiger partial charge in [-0.3, -0.25) is 4.72 Å². The van der Waals surface area contributed by atoms with E-state index in [-0.39, 0.29) is 11.0 Å². The predicted molar refractivity (Wildman–Crippen MR) is 94.9 cm³/mol. The summed E-state index contributed by atoms with van der Waals surface area (Å²) in [6.45, 7) is 6.13. The molecule has 0 aliphatic rings. The van der Waals surface area contributed by atoms with E-state index in [0.29, 0.717) is 18.0 Å². The van der Waals surface area contributed by atoms with E-state index in [4.69, 9.17) is 9.47 Å². The molecule has 24 heavy (non-hydrogen) atoms. The molecule has 0 aliphatic heterocycles. The first-order valence-corrected chi connectivity index (χ1v) is 9.18. The van der Waals surface area contributed by atoms with E-state index in [1.54, 1.807) is 30.3 Å². The van der Waals surface area contributed by atoms with Gasteiger partial charge >= 0.3 is 0 Å². The Morgan fingerprint density at radius 2 is 1.88 bits per heavy atom. The van der Waals surface area contributed by atoms with Crippen LogP contribution in [-0.2, 0) is 21.4 Å². The van der Waals surface area contributed by atoms with Crippen LogP contribution in [0.15, 0.2) is 47.4 Å². The maximum Gasteiger partial charge on any atom is 0.262 e. The number of nitrogens with one attached hydrogen (secondary N) is 1. The SMILES string of the molecule is COc1ccc(C)cc1NS(=O)(=O)c1cccc(COC(C)C)c1. The molecule has 0 bridgehead atoms. The average molecular weight is 349 g/mol. The highest BCUT2D eigenvalue weighted by Crippen LogP contribution is 2.28. The van der Waals surface area contributed by atoms with Gasteiger partial charge in [0.15, 0.2) is 0 Å². The Bertz CT molecular complexity index is 800. The number of sulfonamides is 1. The van der Waals surface area contributed by atoms with Crippen molar-refractivity contribution in [2.45, 2.75) is 38.4 Å². The number of anilines is 1. The minimum absolute atomic E-state index is 0.0833. The third-order valence-electron chi connectivity index (χ3n) is 3.39. The lowest BCUT2D eigenvalue weighted by Gasteiger charge is -2.13. The van der Waals surface area contributed by atoms with Crippen molar-refractivity contribution in [2.75, 3.05) is 11.8 Å². The summed E-state index contributed by atoms with van der Waals surface area (Å²) in [7, 11) is -2.20. The first-order valence-electron chi connectivity index (χ1n) is 7.70. The molecule has 0 aromatic heterocycles. The Morgan fingerprint density at radius 3 is 2.54 bits per heavy atom. The second-order valence-corrected chi connectivity index (χ2v) is 7.50. The quantitative estimate of drug-likeness (QED) is 0.827. The highest BCUT2D eigenvalue weighted by molar-refractivity contribution is 7.92. The normalized spacial score (nSPS) is 11.5. The molecule has 0 saturated carbocycles. The van der Waals surface area contributed by atoms with E-state index in [0.717, 1.165) is 11.1 Å². The first kappa shape index (κ1) is 18.3. The maximum absolute atomic E-state index is 12.7. The van der Waals surface area contributed by atoms with Crippen molar-refractivity contribution in [1.82, 2.24) is 0 Å². The van der Waals surface area contributed by atoms with Crippen LogP contribution in [0.25, 0.3) is 0 Å². The molecule has 2 aromatic carbocycles. The van der Waals surface area contributed by atoms with Gasteiger partial charge in [0.1, 0.15) is 5.75 Å². The standard InChI is InChI=1S/C18H23NO4S/c1-13(2)23-12-15-6-5-7-16(11-15)24(20,21)19-17-10-14(3)8-9-18(17)22-4/h5-11,13,19H,12H2,1-4H3. The summed E-state index contributed by atoms with van der Waals surface area (Å²) in [5.74, 6) is 0.475. The van der Waals surface area contributed by atoms with Crippen LogP contribution < -0.4 is 9.46 Å². The van der Waals surface area contributed by atoms with Crippen LogP contribution in [-0.4, -0.2) is 21.6 Å². The molecule has 2 aromatic rings. The van der Waals surface area contributed by atoms with Gasteiger partial charge in [0.2, 0.25) is 0 Å². The van der Waals surface area contributed by atoms with E-state index < -0.39 is 10.0 Å². The van der Waals surface area contributed by atoms with Crippen LogP contribution in [0, 0.1) is 6.92 Å². The molecule has 6 heteroatoms. The fourth-order valence-corrected chi connectivity index (χ4v) is 3.30. The molecule has 0 atom stereocenters. The second-order valence-electron chi connectivity index (χ2n) is 5.82. The number of benzene rings is 2. The third kappa shape index (κ3) is 4.72. The van der Waals surface area contributed by atoms with Crippen LogP contribution >= 0.6 is 0 Å². The summed E-state index contributed by atoms with van der Waals surface area (Å²) >= 11 is 0. The predicted octanol–water partition coefficient (Wildman–Crippen LogP) is 3.73. The number of hydrogen-bond donors (Lipinski definition) is 1. The molecule has 130 valence electrons. The van der Waals surface area contributed by atoms with Crippen LogP contribution in [0.3, 0.4) is 0 Å². The highest BCUT2D eigenvalue weighted by atomic mass is 32.2. The Morgan fingerprint density at radius 1 is 1.12 bits per heavy atom. The molecule has 5 nitrogen and oxygen atoms in total. The van der Waals surface area contributed by atoms with E-state index in [1.165, 1.54) is 7.11 Å². The molecular formula is C18H23NO4S. The summed E-state index contributed by atoms with van der Waals surface area (Å²) in [6.07, 6.45) is 0.0833. The van der Waals surface area contributed by atoms with Gasteiger partial charge in [0.05, 0.1) is 30.4 Å². The lowest BCUT2D eigenvalue weighted by Crippen LogP contribution is -2.14. The van der Waals surface area contributed by atoms with Gasteiger partial charge in [-0.2, -0.15) is 0 Å². The zero-order valence-corrected chi connectivity index (χ0v) is 15.2. The van der Waals surface area contributed by atoms with E-state index in [2.05, 4.69) is 4.72 Å². The number of aryl methyl sites for hydroxylation is 1. The zero-order chi connectivity index (χ0) is 17.7. The van der Waals surface area contributed by atoms with Gasteiger partial charge in [-0.15, -0.1) is 0 Å². The molecule has 0 amide bonds.